The summed E-state index contributed by atoms with van der Waals surface area (Å²) in [5.74, 6) is -0.365. The lowest BCUT2D eigenvalue weighted by Gasteiger charge is -2.05. The molecule has 0 spiro atoms. The van der Waals surface area contributed by atoms with E-state index in [4.69, 9.17) is 4.74 Å². The lowest BCUT2D eigenvalue weighted by Crippen LogP contribution is -2.24. The molecule has 0 aliphatic carbocycles. The number of hydrogen-bond donors (Lipinski definition) is 1. The van der Waals surface area contributed by atoms with Crippen molar-refractivity contribution >= 4 is 5.91 Å². The molecule has 0 fully saturated rings. The van der Waals surface area contributed by atoms with Crippen LogP contribution in [0.5, 0.6) is 5.75 Å². The summed E-state index contributed by atoms with van der Waals surface area (Å²) in [7, 11) is 1.40. The third-order valence-electron chi connectivity index (χ3n) is 1.95. The van der Waals surface area contributed by atoms with E-state index >= 15 is 0 Å². The van der Waals surface area contributed by atoms with Crippen molar-refractivity contribution in [2.24, 2.45) is 0 Å². The van der Waals surface area contributed by atoms with Gasteiger partial charge in [0.2, 0.25) is 5.91 Å². The molecule has 1 amide bonds. The van der Waals surface area contributed by atoms with Gasteiger partial charge in [-0.25, -0.2) is 4.39 Å². The zero-order chi connectivity index (χ0) is 11.3. The Hall–Kier alpha value is -1.58. The fourth-order valence-electron chi connectivity index (χ4n) is 1.26. The Kier molecular flexibility index (Phi) is 4.09. The summed E-state index contributed by atoms with van der Waals surface area (Å²) in [4.78, 5) is 11.2. The van der Waals surface area contributed by atoms with Crippen LogP contribution in [0.15, 0.2) is 18.2 Å². The predicted octanol–water partition coefficient (Wildman–Crippen LogP) is 1.51. The third kappa shape index (κ3) is 3.23. The highest BCUT2D eigenvalue weighted by atomic mass is 19.1. The summed E-state index contributed by atoms with van der Waals surface area (Å²) in [6.45, 7) is 2.42. The van der Waals surface area contributed by atoms with Gasteiger partial charge in [-0.05, 0) is 24.6 Å². The Morgan fingerprint density at radius 1 is 1.53 bits per heavy atom. The first-order chi connectivity index (χ1) is 7.17. The molecule has 1 rings (SSSR count). The van der Waals surface area contributed by atoms with Crippen molar-refractivity contribution in [2.75, 3.05) is 13.7 Å². The van der Waals surface area contributed by atoms with Crippen molar-refractivity contribution in [3.05, 3.63) is 29.6 Å². The van der Waals surface area contributed by atoms with Crippen molar-refractivity contribution in [2.45, 2.75) is 13.3 Å². The van der Waals surface area contributed by atoms with E-state index in [0.29, 0.717) is 12.1 Å². The van der Waals surface area contributed by atoms with E-state index < -0.39 is 5.82 Å². The molecule has 0 saturated heterocycles. The Bertz CT molecular complexity index is 352. The SMILES string of the molecule is CCNC(=O)Cc1ccc(OC)c(F)c1. The molecule has 0 atom stereocenters. The van der Waals surface area contributed by atoms with Crippen LogP contribution in [-0.4, -0.2) is 19.6 Å². The van der Waals surface area contributed by atoms with Crippen molar-refractivity contribution in [1.29, 1.82) is 0 Å². The van der Waals surface area contributed by atoms with E-state index in [1.165, 1.54) is 19.2 Å². The summed E-state index contributed by atoms with van der Waals surface area (Å²) in [5, 5.41) is 2.65. The normalized spacial score (nSPS) is 9.80. The van der Waals surface area contributed by atoms with E-state index in [1.807, 2.05) is 6.92 Å². The van der Waals surface area contributed by atoms with Gasteiger partial charge in [-0.15, -0.1) is 0 Å². The van der Waals surface area contributed by atoms with Crippen LogP contribution >= 0.6 is 0 Å². The average molecular weight is 211 g/mol. The number of methoxy groups -OCH3 is 1. The Morgan fingerprint density at radius 2 is 2.27 bits per heavy atom. The molecule has 0 unspecified atom stereocenters. The lowest BCUT2D eigenvalue weighted by atomic mass is 10.1. The number of benzene rings is 1. The van der Waals surface area contributed by atoms with Crippen LogP contribution in [0.25, 0.3) is 0 Å². The molecule has 0 aliphatic heterocycles. The molecule has 82 valence electrons. The summed E-state index contributed by atoms with van der Waals surface area (Å²) in [6.07, 6.45) is 0.189. The Morgan fingerprint density at radius 3 is 2.80 bits per heavy atom. The average Bonchev–Trinajstić information content (AvgIpc) is 2.18. The summed E-state index contributed by atoms with van der Waals surface area (Å²) >= 11 is 0. The third-order valence-corrected chi connectivity index (χ3v) is 1.95. The number of rotatable bonds is 4. The van der Waals surface area contributed by atoms with Crippen LogP contribution in [0.1, 0.15) is 12.5 Å². The van der Waals surface area contributed by atoms with E-state index in [2.05, 4.69) is 5.32 Å². The molecule has 3 nitrogen and oxygen atoms in total. The fourth-order valence-corrected chi connectivity index (χ4v) is 1.26. The van der Waals surface area contributed by atoms with Gasteiger partial charge in [0.15, 0.2) is 11.6 Å². The van der Waals surface area contributed by atoms with Gasteiger partial charge in [-0.2, -0.15) is 0 Å². The van der Waals surface area contributed by atoms with Gasteiger partial charge in [0.1, 0.15) is 0 Å². The first-order valence-electron chi connectivity index (χ1n) is 4.76. The number of amides is 1. The predicted molar refractivity (Wildman–Crippen MR) is 55.3 cm³/mol. The Balaban J connectivity index is 2.71. The van der Waals surface area contributed by atoms with E-state index in [9.17, 15) is 9.18 Å². The molecule has 1 aromatic carbocycles. The molecule has 0 aliphatic rings. The van der Waals surface area contributed by atoms with Crippen molar-refractivity contribution < 1.29 is 13.9 Å². The minimum Gasteiger partial charge on any atom is -0.494 e. The van der Waals surface area contributed by atoms with Crippen molar-refractivity contribution in [1.82, 2.24) is 5.32 Å². The van der Waals surface area contributed by atoms with Gasteiger partial charge < -0.3 is 10.1 Å². The largest absolute Gasteiger partial charge is 0.494 e. The first kappa shape index (κ1) is 11.5. The number of ether oxygens (including phenoxy) is 1. The minimum absolute atomic E-state index is 0.109. The van der Waals surface area contributed by atoms with E-state index in [0.717, 1.165) is 0 Å². The highest BCUT2D eigenvalue weighted by Gasteiger charge is 2.06. The van der Waals surface area contributed by atoms with Crippen LogP contribution in [0.3, 0.4) is 0 Å². The molecule has 15 heavy (non-hydrogen) atoms. The number of likely N-dealkylation sites (N-methyl/N-ethyl adjacent to an activating group) is 1. The smallest absolute Gasteiger partial charge is 0.224 e. The highest BCUT2D eigenvalue weighted by Crippen LogP contribution is 2.17. The maximum Gasteiger partial charge on any atom is 0.224 e. The highest BCUT2D eigenvalue weighted by molar-refractivity contribution is 5.78. The van der Waals surface area contributed by atoms with Gasteiger partial charge in [0, 0.05) is 6.54 Å². The van der Waals surface area contributed by atoms with Crippen LogP contribution < -0.4 is 10.1 Å². The van der Waals surface area contributed by atoms with E-state index in [-0.39, 0.29) is 18.1 Å². The quantitative estimate of drug-likeness (QED) is 0.819. The van der Waals surface area contributed by atoms with Gasteiger partial charge in [0.25, 0.3) is 0 Å². The topological polar surface area (TPSA) is 38.3 Å². The number of carbonyl (C=O) groups excluding carboxylic acids is 1. The molecular formula is C11H14FNO2. The molecule has 1 aromatic rings. The zero-order valence-corrected chi connectivity index (χ0v) is 8.84. The molecular weight excluding hydrogens is 197 g/mol. The molecule has 0 radical (unpaired) electrons. The molecule has 0 bridgehead atoms. The van der Waals surface area contributed by atoms with Crippen molar-refractivity contribution in [3.8, 4) is 5.75 Å². The van der Waals surface area contributed by atoms with Crippen LogP contribution in [-0.2, 0) is 11.2 Å². The molecule has 0 saturated carbocycles. The molecule has 0 aromatic heterocycles. The van der Waals surface area contributed by atoms with E-state index in [1.54, 1.807) is 6.07 Å². The van der Waals surface area contributed by atoms with Crippen LogP contribution in [0.4, 0.5) is 4.39 Å². The monoisotopic (exact) mass is 211 g/mol. The second-order valence-corrected chi connectivity index (χ2v) is 3.10. The summed E-state index contributed by atoms with van der Waals surface area (Å²) in [6, 6.07) is 4.51. The number of carbonyl (C=O) groups is 1. The first-order valence-corrected chi connectivity index (χ1v) is 4.76. The molecule has 1 N–H and O–H groups in total. The van der Waals surface area contributed by atoms with Crippen LogP contribution in [0.2, 0.25) is 0 Å². The van der Waals surface area contributed by atoms with Gasteiger partial charge in [-0.3, -0.25) is 4.79 Å². The summed E-state index contributed by atoms with van der Waals surface area (Å²) < 4.78 is 18.0. The fraction of sp³-hybridized carbons (Fsp3) is 0.364. The van der Waals surface area contributed by atoms with Crippen molar-refractivity contribution in [3.63, 3.8) is 0 Å². The molecule has 0 heterocycles. The van der Waals surface area contributed by atoms with Gasteiger partial charge in [-0.1, -0.05) is 6.07 Å². The number of halogens is 1. The second kappa shape index (κ2) is 5.34. The van der Waals surface area contributed by atoms with Gasteiger partial charge in [0.05, 0.1) is 13.5 Å². The summed E-state index contributed by atoms with van der Waals surface area (Å²) in [5.41, 5.74) is 0.638. The standard InChI is InChI=1S/C11H14FNO2/c1-3-13-11(14)7-8-4-5-10(15-2)9(12)6-8/h4-6H,3,7H2,1-2H3,(H,13,14). The van der Waals surface area contributed by atoms with Crippen LogP contribution in [0, 0.1) is 5.82 Å². The second-order valence-electron chi connectivity index (χ2n) is 3.10. The Labute approximate surface area is 88.2 Å². The number of hydrogen-bond acceptors (Lipinski definition) is 2. The zero-order valence-electron chi connectivity index (χ0n) is 8.84. The lowest BCUT2D eigenvalue weighted by molar-refractivity contribution is -0.120. The minimum atomic E-state index is -0.445. The van der Waals surface area contributed by atoms with Gasteiger partial charge >= 0.3 is 0 Å². The maximum atomic E-state index is 13.2. The maximum absolute atomic E-state index is 13.2. The number of nitrogens with one attached hydrogen (secondary N) is 1. The molecule has 4 heteroatoms.